The first-order valence-corrected chi connectivity index (χ1v) is 11.9. The van der Waals surface area contributed by atoms with Gasteiger partial charge in [0.15, 0.2) is 5.82 Å². The van der Waals surface area contributed by atoms with Gasteiger partial charge in [0.25, 0.3) is 0 Å². The normalized spacial score (nSPS) is 18.2. The molecular formula is C26H30N6O. The number of nitrogens with zero attached hydrogens (tertiary/aromatic N) is 6. The molecule has 1 atom stereocenters. The highest BCUT2D eigenvalue weighted by Gasteiger charge is 2.32. The molecular weight excluding hydrogens is 412 g/mol. The van der Waals surface area contributed by atoms with Gasteiger partial charge in [-0.2, -0.15) is 0 Å². The van der Waals surface area contributed by atoms with E-state index in [-0.39, 0.29) is 11.9 Å². The summed E-state index contributed by atoms with van der Waals surface area (Å²) < 4.78 is 0. The summed E-state index contributed by atoms with van der Waals surface area (Å²) in [6.07, 6.45) is 8.95. The minimum atomic E-state index is -0.0856. The van der Waals surface area contributed by atoms with E-state index >= 15 is 0 Å². The highest BCUT2D eigenvalue weighted by molar-refractivity contribution is 5.78. The van der Waals surface area contributed by atoms with Crippen LogP contribution in [-0.2, 0) is 24.2 Å². The van der Waals surface area contributed by atoms with Crippen molar-refractivity contribution in [2.45, 2.75) is 58.0 Å². The van der Waals surface area contributed by atoms with Crippen LogP contribution in [0.4, 0.5) is 5.82 Å². The fraction of sp³-hybridized carbons (Fsp3) is 0.423. The molecule has 3 aromatic rings. The smallest absolute Gasteiger partial charge is 0.229 e. The van der Waals surface area contributed by atoms with Crippen LogP contribution < -0.4 is 4.90 Å². The van der Waals surface area contributed by atoms with Crippen molar-refractivity contribution in [1.29, 1.82) is 0 Å². The Kier molecular flexibility index (Phi) is 6.28. The number of amides is 1. The van der Waals surface area contributed by atoms with Gasteiger partial charge in [0.1, 0.15) is 5.82 Å². The zero-order valence-electron chi connectivity index (χ0n) is 19.2. The Hall–Kier alpha value is -3.35. The lowest BCUT2D eigenvalue weighted by atomic mass is 9.99. The number of piperidine rings is 1. The van der Waals surface area contributed by atoms with Crippen LogP contribution in [0.15, 0.2) is 48.8 Å². The molecule has 0 radical (unpaired) electrons. The average molecular weight is 443 g/mol. The summed E-state index contributed by atoms with van der Waals surface area (Å²) >= 11 is 0. The largest absolute Gasteiger partial charge is 0.350 e. The number of carbonyl (C=O) groups is 1. The third-order valence-corrected chi connectivity index (χ3v) is 6.62. The number of hydrogen-bond donors (Lipinski definition) is 0. The predicted molar refractivity (Wildman–Crippen MR) is 127 cm³/mol. The van der Waals surface area contributed by atoms with Crippen LogP contribution in [0.1, 0.15) is 60.2 Å². The summed E-state index contributed by atoms with van der Waals surface area (Å²) in [4.78, 5) is 36.4. The summed E-state index contributed by atoms with van der Waals surface area (Å²) in [6, 6.07) is 11.6. The molecule has 33 heavy (non-hydrogen) atoms. The summed E-state index contributed by atoms with van der Waals surface area (Å²) in [7, 11) is 0. The van der Waals surface area contributed by atoms with Gasteiger partial charge in [-0.05, 0) is 63.3 Å². The quantitative estimate of drug-likeness (QED) is 0.598. The molecule has 1 unspecified atom stereocenters. The van der Waals surface area contributed by atoms with Crippen LogP contribution in [0.25, 0.3) is 0 Å². The summed E-state index contributed by atoms with van der Waals surface area (Å²) in [5.41, 5.74) is 4.09. The van der Waals surface area contributed by atoms with E-state index in [0.29, 0.717) is 6.42 Å². The molecule has 1 fully saturated rings. The van der Waals surface area contributed by atoms with Crippen LogP contribution in [0.5, 0.6) is 0 Å². The molecule has 5 heterocycles. The highest BCUT2D eigenvalue weighted by atomic mass is 16.2. The Balaban J connectivity index is 1.43. The Morgan fingerprint density at radius 3 is 2.52 bits per heavy atom. The van der Waals surface area contributed by atoms with E-state index in [2.05, 4.69) is 27.9 Å². The third kappa shape index (κ3) is 4.72. The molecule has 1 saturated heterocycles. The molecule has 7 heteroatoms. The molecule has 2 aliphatic heterocycles. The molecule has 0 aromatic carbocycles. The van der Waals surface area contributed by atoms with Gasteiger partial charge in [0.2, 0.25) is 5.91 Å². The number of hydrogen-bond acceptors (Lipinski definition) is 6. The number of rotatable bonds is 5. The minimum absolute atomic E-state index is 0.0856. The first-order valence-electron chi connectivity index (χ1n) is 11.9. The minimum Gasteiger partial charge on any atom is -0.350 e. The number of carbonyl (C=O) groups excluding carboxylic acids is 1. The van der Waals surface area contributed by atoms with E-state index in [1.807, 2.05) is 41.4 Å². The first kappa shape index (κ1) is 21.5. The van der Waals surface area contributed by atoms with Gasteiger partial charge in [-0.15, -0.1) is 0 Å². The standard InChI is InChI=1S/C26H30N6O/c1-19-22-11-8-15-31(18-21-10-3-6-14-28-21)26(22)30-25(29-19)23-12-4-7-16-32(23)24(33)17-20-9-2-5-13-27-20/h2-3,5-6,9-10,13-14,23H,4,7-8,11-12,15-18H2,1H3. The summed E-state index contributed by atoms with van der Waals surface area (Å²) in [5, 5.41) is 0. The second-order valence-corrected chi connectivity index (χ2v) is 8.91. The van der Waals surface area contributed by atoms with Crippen LogP contribution in [-0.4, -0.2) is 43.8 Å². The van der Waals surface area contributed by atoms with E-state index < -0.39 is 0 Å². The van der Waals surface area contributed by atoms with Gasteiger partial charge in [-0.25, -0.2) is 9.97 Å². The molecule has 5 rings (SSSR count). The Bertz CT molecular complexity index is 1100. The van der Waals surface area contributed by atoms with Crippen LogP contribution in [0, 0.1) is 6.92 Å². The molecule has 170 valence electrons. The van der Waals surface area contributed by atoms with Crippen LogP contribution in [0.3, 0.4) is 0 Å². The van der Waals surface area contributed by atoms with Crippen molar-refractivity contribution < 1.29 is 4.79 Å². The van der Waals surface area contributed by atoms with Crippen molar-refractivity contribution in [2.75, 3.05) is 18.0 Å². The van der Waals surface area contributed by atoms with Gasteiger partial charge in [-0.1, -0.05) is 12.1 Å². The van der Waals surface area contributed by atoms with Gasteiger partial charge in [-0.3, -0.25) is 14.8 Å². The maximum Gasteiger partial charge on any atom is 0.229 e. The number of anilines is 1. The van der Waals surface area contributed by atoms with Crippen molar-refractivity contribution >= 4 is 11.7 Å². The molecule has 0 aliphatic carbocycles. The second kappa shape index (κ2) is 9.65. The molecule has 2 aliphatic rings. The van der Waals surface area contributed by atoms with E-state index in [4.69, 9.17) is 9.97 Å². The van der Waals surface area contributed by atoms with Gasteiger partial charge < -0.3 is 9.80 Å². The Morgan fingerprint density at radius 2 is 1.76 bits per heavy atom. The summed E-state index contributed by atoms with van der Waals surface area (Å²) in [5.74, 6) is 1.88. The van der Waals surface area contributed by atoms with E-state index in [9.17, 15) is 4.79 Å². The van der Waals surface area contributed by atoms with Crippen molar-refractivity contribution in [3.63, 3.8) is 0 Å². The first-order chi connectivity index (χ1) is 16.2. The molecule has 0 bridgehead atoms. The van der Waals surface area contributed by atoms with Gasteiger partial charge in [0.05, 0.1) is 24.7 Å². The Morgan fingerprint density at radius 1 is 0.970 bits per heavy atom. The van der Waals surface area contributed by atoms with E-state index in [0.717, 1.165) is 80.5 Å². The number of aromatic nitrogens is 4. The lowest BCUT2D eigenvalue weighted by Gasteiger charge is -2.36. The lowest BCUT2D eigenvalue weighted by Crippen LogP contribution is -2.41. The maximum absolute atomic E-state index is 13.2. The van der Waals surface area contributed by atoms with Crippen LogP contribution in [0.2, 0.25) is 0 Å². The third-order valence-electron chi connectivity index (χ3n) is 6.62. The number of pyridine rings is 2. The van der Waals surface area contributed by atoms with Crippen molar-refractivity contribution in [3.8, 4) is 0 Å². The zero-order valence-corrected chi connectivity index (χ0v) is 19.2. The SMILES string of the molecule is Cc1nc(C2CCCCN2C(=O)Cc2ccccn2)nc2c1CCCN2Cc1ccccn1. The van der Waals surface area contributed by atoms with Crippen molar-refractivity contribution in [2.24, 2.45) is 0 Å². The Labute approximate surface area is 194 Å². The van der Waals surface area contributed by atoms with E-state index in [1.54, 1.807) is 6.20 Å². The average Bonchev–Trinajstić information content (AvgIpc) is 2.86. The fourth-order valence-electron chi connectivity index (χ4n) is 4.96. The van der Waals surface area contributed by atoms with Crippen LogP contribution >= 0.6 is 0 Å². The number of fused-ring (bicyclic) bond motifs is 1. The van der Waals surface area contributed by atoms with Crippen molar-refractivity contribution in [3.05, 3.63) is 77.3 Å². The monoisotopic (exact) mass is 442 g/mol. The van der Waals surface area contributed by atoms with Gasteiger partial charge in [0, 0.05) is 42.4 Å². The lowest BCUT2D eigenvalue weighted by molar-refractivity contribution is -0.134. The topological polar surface area (TPSA) is 75.1 Å². The molecule has 7 nitrogen and oxygen atoms in total. The zero-order chi connectivity index (χ0) is 22.6. The van der Waals surface area contributed by atoms with E-state index in [1.165, 1.54) is 5.56 Å². The molecule has 3 aromatic heterocycles. The summed E-state index contributed by atoms with van der Waals surface area (Å²) in [6.45, 7) is 4.51. The predicted octanol–water partition coefficient (Wildman–Crippen LogP) is 3.82. The molecule has 0 N–H and O–H groups in total. The maximum atomic E-state index is 13.2. The molecule has 0 saturated carbocycles. The highest BCUT2D eigenvalue weighted by Crippen LogP contribution is 2.34. The second-order valence-electron chi connectivity index (χ2n) is 8.91. The number of aryl methyl sites for hydroxylation is 1. The number of likely N-dealkylation sites (tertiary alicyclic amines) is 1. The van der Waals surface area contributed by atoms with Gasteiger partial charge >= 0.3 is 0 Å². The fourth-order valence-corrected chi connectivity index (χ4v) is 4.96. The van der Waals surface area contributed by atoms with Crippen molar-refractivity contribution in [1.82, 2.24) is 24.8 Å². The molecule has 1 amide bonds. The molecule has 0 spiro atoms.